The molecule has 1 aromatic rings. The molecular formula is C26H30N2O6S. The average Bonchev–Trinajstić information content (AvgIpc) is 3.24. The van der Waals surface area contributed by atoms with Gasteiger partial charge in [-0.25, -0.2) is 0 Å². The van der Waals surface area contributed by atoms with Gasteiger partial charge < -0.3 is 24.4 Å². The number of likely N-dealkylation sites (tertiary alicyclic amines) is 1. The molecule has 0 bridgehead atoms. The molecule has 4 heterocycles. The minimum Gasteiger partial charge on any atom is -0.497 e. The number of nitrogens with zero attached hydrogens (tertiary/aromatic N) is 2. The first-order valence-electron chi connectivity index (χ1n) is 12.0. The molecule has 4 aliphatic rings. The van der Waals surface area contributed by atoms with Crippen molar-refractivity contribution in [3.05, 3.63) is 48.6 Å². The second-order valence-electron chi connectivity index (χ2n) is 9.27. The number of aliphatic hydroxyl groups is 1. The number of amides is 2. The Bertz CT molecular complexity index is 1070. The number of methoxy groups -OCH3 is 1. The molecule has 8 nitrogen and oxygen atoms in total. The Balaban J connectivity index is 1.62. The van der Waals surface area contributed by atoms with Crippen LogP contribution in [0.15, 0.2) is 48.6 Å². The second-order valence-corrected chi connectivity index (χ2v) is 10.8. The third-order valence-electron chi connectivity index (χ3n) is 7.52. The summed E-state index contributed by atoms with van der Waals surface area (Å²) >= 11 is 1.50. The fourth-order valence-electron chi connectivity index (χ4n) is 5.85. The van der Waals surface area contributed by atoms with Crippen molar-refractivity contribution in [1.29, 1.82) is 0 Å². The standard InChI is InChI=1S/C26H30N2O6S/c1-3-16(15-29)28-22-24(31)27(17-8-10-18(33-2)11-9-17)13-6-12-26(22)21(23(28)30)20-19(35-26)7-4-5-14-34-25(20)32/h4,6-12,16,19-22,29H,3,5,13-15H2,1-2H3/t16-,19-,20+,21-,22?,26-/m0/s1. The molecule has 6 atom stereocenters. The van der Waals surface area contributed by atoms with Gasteiger partial charge >= 0.3 is 5.97 Å². The predicted octanol–water partition coefficient (Wildman–Crippen LogP) is 2.17. The first-order valence-corrected chi connectivity index (χ1v) is 12.9. The van der Waals surface area contributed by atoms with Gasteiger partial charge in [0.05, 0.1) is 42.9 Å². The molecule has 0 saturated carbocycles. The molecule has 5 rings (SSSR count). The lowest BCUT2D eigenvalue weighted by Crippen LogP contribution is -2.56. The number of carbonyl (C=O) groups is 3. The van der Waals surface area contributed by atoms with Crippen molar-refractivity contribution in [2.45, 2.75) is 41.8 Å². The fourth-order valence-corrected chi connectivity index (χ4v) is 7.84. The molecular weight excluding hydrogens is 468 g/mol. The Morgan fingerprint density at radius 3 is 2.66 bits per heavy atom. The van der Waals surface area contributed by atoms with Gasteiger partial charge in [0, 0.05) is 17.5 Å². The summed E-state index contributed by atoms with van der Waals surface area (Å²) in [6, 6.07) is 5.85. The third kappa shape index (κ3) is 3.67. The lowest BCUT2D eigenvalue weighted by Gasteiger charge is -2.38. The number of benzene rings is 1. The van der Waals surface area contributed by atoms with Gasteiger partial charge in [-0.3, -0.25) is 14.4 Å². The van der Waals surface area contributed by atoms with Crippen LogP contribution in [0, 0.1) is 11.8 Å². The van der Waals surface area contributed by atoms with Crippen molar-refractivity contribution in [1.82, 2.24) is 4.90 Å². The number of carbonyl (C=O) groups excluding carboxylic acids is 3. The quantitative estimate of drug-likeness (QED) is 0.491. The molecule has 0 aromatic heterocycles. The molecule has 186 valence electrons. The van der Waals surface area contributed by atoms with Crippen LogP contribution in [0.5, 0.6) is 5.75 Å². The molecule has 1 unspecified atom stereocenters. The molecule has 9 heteroatoms. The van der Waals surface area contributed by atoms with Crippen molar-refractivity contribution >= 4 is 35.2 Å². The van der Waals surface area contributed by atoms with Gasteiger partial charge in [-0.05, 0) is 37.1 Å². The van der Waals surface area contributed by atoms with Gasteiger partial charge in [0.1, 0.15) is 11.8 Å². The SMILES string of the molecule is CC[C@@H](CO)N1C(=O)[C@@H]2[C@@H]3C(=O)OCCC=C[C@@H]3S[C@@]23C=CCN(c2ccc(OC)cc2)C(=O)C13. The first kappa shape index (κ1) is 23.9. The highest BCUT2D eigenvalue weighted by molar-refractivity contribution is 8.02. The van der Waals surface area contributed by atoms with Crippen LogP contribution < -0.4 is 9.64 Å². The highest BCUT2D eigenvalue weighted by atomic mass is 32.2. The smallest absolute Gasteiger partial charge is 0.311 e. The number of rotatable bonds is 5. The van der Waals surface area contributed by atoms with E-state index in [4.69, 9.17) is 9.47 Å². The van der Waals surface area contributed by atoms with E-state index in [1.165, 1.54) is 11.8 Å². The summed E-state index contributed by atoms with van der Waals surface area (Å²) in [5.74, 6) is -1.62. The molecule has 1 N–H and O–H groups in total. The van der Waals surface area contributed by atoms with E-state index in [2.05, 4.69) is 0 Å². The van der Waals surface area contributed by atoms with Crippen molar-refractivity contribution in [3.8, 4) is 5.75 Å². The molecule has 2 amide bonds. The van der Waals surface area contributed by atoms with Gasteiger partial charge in [0.15, 0.2) is 0 Å². The maximum absolute atomic E-state index is 14.3. The number of hydrogen-bond acceptors (Lipinski definition) is 7. The van der Waals surface area contributed by atoms with E-state index in [1.54, 1.807) is 29.0 Å². The van der Waals surface area contributed by atoms with E-state index in [0.29, 0.717) is 30.8 Å². The molecule has 1 spiro atoms. The van der Waals surface area contributed by atoms with Crippen LogP contribution in [0.4, 0.5) is 5.69 Å². The number of ether oxygens (including phenoxy) is 2. The maximum Gasteiger partial charge on any atom is 0.311 e. The largest absolute Gasteiger partial charge is 0.497 e. The fraction of sp³-hybridized carbons (Fsp3) is 0.500. The van der Waals surface area contributed by atoms with Crippen molar-refractivity contribution < 1.29 is 29.0 Å². The van der Waals surface area contributed by atoms with Crippen molar-refractivity contribution in [2.75, 3.05) is 31.8 Å². The Kier molecular flexibility index (Phi) is 6.40. The van der Waals surface area contributed by atoms with Gasteiger partial charge in [0.2, 0.25) is 5.91 Å². The summed E-state index contributed by atoms with van der Waals surface area (Å²) in [7, 11) is 1.58. The number of cyclic esters (lactones) is 1. The van der Waals surface area contributed by atoms with Crippen LogP contribution in [0.3, 0.4) is 0 Å². The number of hydrogen-bond donors (Lipinski definition) is 1. The molecule has 35 heavy (non-hydrogen) atoms. The number of fused-ring (bicyclic) bond motifs is 2. The molecule has 2 fully saturated rings. The van der Waals surface area contributed by atoms with E-state index < -0.39 is 34.6 Å². The van der Waals surface area contributed by atoms with Crippen LogP contribution >= 0.6 is 11.8 Å². The predicted molar refractivity (Wildman–Crippen MR) is 132 cm³/mol. The number of aliphatic hydroxyl groups excluding tert-OH is 1. The number of anilines is 1. The topological polar surface area (TPSA) is 96.4 Å². The van der Waals surface area contributed by atoms with Crippen LogP contribution in [0.25, 0.3) is 0 Å². The zero-order chi connectivity index (χ0) is 24.7. The molecule has 1 aromatic carbocycles. The van der Waals surface area contributed by atoms with E-state index in [9.17, 15) is 19.5 Å². The maximum atomic E-state index is 14.3. The van der Waals surface area contributed by atoms with Gasteiger partial charge in [-0.2, -0.15) is 0 Å². The Morgan fingerprint density at radius 2 is 1.97 bits per heavy atom. The molecule has 0 radical (unpaired) electrons. The van der Waals surface area contributed by atoms with Gasteiger partial charge in [0.25, 0.3) is 5.91 Å². The van der Waals surface area contributed by atoms with E-state index in [1.807, 2.05) is 43.4 Å². The lowest BCUT2D eigenvalue weighted by atomic mass is 9.78. The van der Waals surface area contributed by atoms with E-state index in [0.717, 1.165) is 0 Å². The van der Waals surface area contributed by atoms with Crippen LogP contribution in [-0.2, 0) is 19.1 Å². The van der Waals surface area contributed by atoms with Crippen LogP contribution in [0.1, 0.15) is 19.8 Å². The number of esters is 1. The summed E-state index contributed by atoms with van der Waals surface area (Å²) in [6.07, 6.45) is 8.98. The van der Waals surface area contributed by atoms with E-state index >= 15 is 0 Å². The van der Waals surface area contributed by atoms with Crippen LogP contribution in [0.2, 0.25) is 0 Å². The second kappa shape index (κ2) is 9.35. The first-order chi connectivity index (χ1) is 17.0. The number of thioether (sulfide) groups is 1. The summed E-state index contributed by atoms with van der Waals surface area (Å²) in [5, 5.41) is 9.90. The van der Waals surface area contributed by atoms with Gasteiger partial charge in [-0.15, -0.1) is 11.8 Å². The van der Waals surface area contributed by atoms with Crippen molar-refractivity contribution in [3.63, 3.8) is 0 Å². The van der Waals surface area contributed by atoms with E-state index in [-0.39, 0.29) is 30.3 Å². The summed E-state index contributed by atoms with van der Waals surface area (Å²) in [5.41, 5.74) is 0.693. The molecule has 0 aliphatic carbocycles. The Morgan fingerprint density at radius 1 is 1.20 bits per heavy atom. The zero-order valence-corrected chi connectivity index (χ0v) is 20.6. The summed E-state index contributed by atoms with van der Waals surface area (Å²) in [6.45, 7) is 2.24. The Hall–Kier alpha value is -2.78. The minimum absolute atomic E-state index is 0.220. The van der Waals surface area contributed by atoms with Crippen LogP contribution in [-0.4, -0.2) is 76.7 Å². The minimum atomic E-state index is -0.930. The third-order valence-corrected chi connectivity index (χ3v) is 9.26. The summed E-state index contributed by atoms with van der Waals surface area (Å²) < 4.78 is 9.82. The molecule has 2 saturated heterocycles. The monoisotopic (exact) mass is 498 g/mol. The molecule has 4 aliphatic heterocycles. The average molecular weight is 499 g/mol. The van der Waals surface area contributed by atoms with Crippen molar-refractivity contribution in [2.24, 2.45) is 11.8 Å². The highest BCUT2D eigenvalue weighted by Crippen LogP contribution is 2.61. The summed E-state index contributed by atoms with van der Waals surface area (Å²) in [4.78, 5) is 44.6. The lowest BCUT2D eigenvalue weighted by molar-refractivity contribution is -0.153. The highest BCUT2D eigenvalue weighted by Gasteiger charge is 2.71. The Labute approximate surface area is 208 Å². The van der Waals surface area contributed by atoms with Gasteiger partial charge in [-0.1, -0.05) is 31.2 Å². The zero-order valence-electron chi connectivity index (χ0n) is 19.8. The normalized spacial score (nSPS) is 32.8.